The zero-order valence-electron chi connectivity index (χ0n) is 12.7. The van der Waals surface area contributed by atoms with Gasteiger partial charge >= 0.3 is 6.18 Å². The Hall–Kier alpha value is -2.42. The molecule has 3 rings (SSSR count). The van der Waals surface area contributed by atoms with Crippen molar-refractivity contribution in [2.24, 2.45) is 0 Å². The topological polar surface area (TPSA) is 76.1 Å². The molecule has 9 heteroatoms. The van der Waals surface area contributed by atoms with Crippen LogP contribution >= 0.6 is 0 Å². The molecule has 2 aromatic rings. The number of hydrogen-bond acceptors (Lipinski definition) is 4. The van der Waals surface area contributed by atoms with E-state index in [1.165, 1.54) is 6.07 Å². The highest BCUT2D eigenvalue weighted by molar-refractivity contribution is 7.91. The van der Waals surface area contributed by atoms with Crippen LogP contribution in [0.2, 0.25) is 0 Å². The van der Waals surface area contributed by atoms with Gasteiger partial charge in [-0.05, 0) is 23.8 Å². The third-order valence-electron chi connectivity index (χ3n) is 3.95. The molecule has 0 fully saturated rings. The highest BCUT2D eigenvalue weighted by Gasteiger charge is 2.37. The van der Waals surface area contributed by atoms with Gasteiger partial charge in [-0.1, -0.05) is 18.2 Å². The quantitative estimate of drug-likeness (QED) is 0.900. The normalized spacial score (nSPS) is 18.6. The number of halogens is 3. The van der Waals surface area contributed by atoms with E-state index >= 15 is 0 Å². The minimum absolute atomic E-state index is 0.0943. The van der Waals surface area contributed by atoms with Crippen molar-refractivity contribution in [3.63, 3.8) is 0 Å². The first-order chi connectivity index (χ1) is 11.7. The number of alkyl halides is 3. The van der Waals surface area contributed by atoms with Crippen molar-refractivity contribution < 1.29 is 26.4 Å². The van der Waals surface area contributed by atoms with Gasteiger partial charge in [0.2, 0.25) is 0 Å². The smallest absolute Gasteiger partial charge is 0.350 e. The lowest BCUT2D eigenvalue weighted by molar-refractivity contribution is -0.138. The van der Waals surface area contributed by atoms with Crippen molar-refractivity contribution >= 4 is 15.7 Å². The lowest BCUT2D eigenvalue weighted by Crippen LogP contribution is -2.31. The Bertz CT molecular complexity index is 926. The van der Waals surface area contributed by atoms with Crippen molar-refractivity contribution in [2.45, 2.75) is 17.0 Å². The van der Waals surface area contributed by atoms with Gasteiger partial charge < -0.3 is 5.32 Å². The summed E-state index contributed by atoms with van der Waals surface area (Å²) >= 11 is 0. The molecule has 1 unspecified atom stereocenters. The van der Waals surface area contributed by atoms with E-state index in [1.54, 1.807) is 18.2 Å². The number of hydrogen-bond donors (Lipinski definition) is 1. The van der Waals surface area contributed by atoms with Crippen LogP contribution in [-0.2, 0) is 16.0 Å². The maximum atomic E-state index is 12.9. The predicted molar refractivity (Wildman–Crippen MR) is 82.8 cm³/mol. The van der Waals surface area contributed by atoms with Crippen molar-refractivity contribution in [3.8, 4) is 0 Å². The third kappa shape index (κ3) is 3.37. The average Bonchev–Trinajstić information content (AvgIpc) is 2.83. The van der Waals surface area contributed by atoms with E-state index in [0.717, 1.165) is 18.3 Å². The number of nitrogens with zero attached hydrogens (tertiary/aromatic N) is 1. The number of aromatic nitrogens is 1. The van der Waals surface area contributed by atoms with Gasteiger partial charge in [0.25, 0.3) is 5.91 Å². The van der Waals surface area contributed by atoms with Crippen LogP contribution < -0.4 is 5.32 Å². The number of fused-ring (bicyclic) bond motifs is 1. The van der Waals surface area contributed by atoms with Crippen LogP contribution in [0, 0.1) is 0 Å². The molecule has 1 aromatic carbocycles. The fourth-order valence-corrected chi connectivity index (χ4v) is 4.72. The zero-order valence-corrected chi connectivity index (χ0v) is 13.6. The molecule has 0 radical (unpaired) electrons. The van der Waals surface area contributed by atoms with Crippen LogP contribution in [0.5, 0.6) is 0 Å². The molecule has 1 aliphatic heterocycles. The number of sulfone groups is 1. The van der Waals surface area contributed by atoms with E-state index in [1.807, 2.05) is 0 Å². The monoisotopic (exact) mass is 370 g/mol. The molecule has 0 saturated carbocycles. The van der Waals surface area contributed by atoms with E-state index in [-0.39, 0.29) is 17.2 Å². The molecule has 0 aliphatic carbocycles. The Balaban J connectivity index is 1.79. The van der Waals surface area contributed by atoms with E-state index in [4.69, 9.17) is 0 Å². The lowest BCUT2D eigenvalue weighted by atomic mass is 10.0. The minimum atomic E-state index is -4.70. The van der Waals surface area contributed by atoms with E-state index < -0.39 is 39.1 Å². The Morgan fingerprint density at radius 2 is 1.92 bits per heavy atom. The Morgan fingerprint density at radius 3 is 2.64 bits per heavy atom. The third-order valence-corrected chi connectivity index (χ3v) is 5.83. The van der Waals surface area contributed by atoms with Gasteiger partial charge in [-0.2, -0.15) is 13.2 Å². The van der Waals surface area contributed by atoms with Crippen molar-refractivity contribution in [3.05, 3.63) is 59.4 Å². The molecule has 25 heavy (non-hydrogen) atoms. The van der Waals surface area contributed by atoms with Gasteiger partial charge in [0.05, 0.1) is 16.2 Å². The first-order valence-electron chi connectivity index (χ1n) is 7.32. The molecule has 1 aromatic heterocycles. The Morgan fingerprint density at radius 1 is 1.20 bits per heavy atom. The summed E-state index contributed by atoms with van der Waals surface area (Å²) < 4.78 is 63.0. The average molecular weight is 370 g/mol. The predicted octanol–water partition coefficient (Wildman–Crippen LogP) is 2.40. The van der Waals surface area contributed by atoms with Gasteiger partial charge in [0, 0.05) is 18.7 Å². The van der Waals surface area contributed by atoms with Gasteiger partial charge in [0.15, 0.2) is 9.84 Å². The van der Waals surface area contributed by atoms with Crippen LogP contribution in [0.4, 0.5) is 13.2 Å². The largest absolute Gasteiger partial charge is 0.418 e. The highest BCUT2D eigenvalue weighted by atomic mass is 32.2. The summed E-state index contributed by atoms with van der Waals surface area (Å²) in [5.41, 5.74) is -1.31. The van der Waals surface area contributed by atoms with Crippen LogP contribution in [0.1, 0.15) is 27.5 Å². The molecular formula is C16H13F3N2O3S. The zero-order chi connectivity index (χ0) is 18.2. The summed E-state index contributed by atoms with van der Waals surface area (Å²) in [5.74, 6) is -1.70. The summed E-state index contributed by atoms with van der Waals surface area (Å²) in [6.45, 7) is -0.0943. The van der Waals surface area contributed by atoms with Crippen LogP contribution in [-0.4, -0.2) is 31.6 Å². The maximum Gasteiger partial charge on any atom is 0.418 e. The van der Waals surface area contributed by atoms with Crippen molar-refractivity contribution in [2.75, 3.05) is 12.3 Å². The van der Waals surface area contributed by atoms with Gasteiger partial charge in [-0.25, -0.2) is 8.42 Å². The van der Waals surface area contributed by atoms with Crippen LogP contribution in [0.15, 0.2) is 47.5 Å². The van der Waals surface area contributed by atoms with E-state index in [9.17, 15) is 26.4 Å². The van der Waals surface area contributed by atoms with Crippen molar-refractivity contribution in [1.29, 1.82) is 0 Å². The number of benzene rings is 1. The molecule has 0 saturated heterocycles. The van der Waals surface area contributed by atoms with E-state index in [0.29, 0.717) is 5.56 Å². The maximum absolute atomic E-state index is 12.9. The second-order valence-electron chi connectivity index (χ2n) is 5.62. The van der Waals surface area contributed by atoms with Crippen molar-refractivity contribution in [1.82, 2.24) is 10.3 Å². The lowest BCUT2D eigenvalue weighted by Gasteiger charge is -2.14. The minimum Gasteiger partial charge on any atom is -0.350 e. The van der Waals surface area contributed by atoms with Gasteiger partial charge in [-0.3, -0.25) is 9.78 Å². The number of carbonyl (C=O) groups excluding carboxylic acids is 1. The van der Waals surface area contributed by atoms with Crippen LogP contribution in [0.3, 0.4) is 0 Å². The summed E-state index contributed by atoms with van der Waals surface area (Å²) in [5, 5.41) is 2.37. The number of carbonyl (C=O) groups is 1. The molecular weight excluding hydrogens is 357 g/mol. The molecule has 1 atom stereocenters. The summed E-state index contributed by atoms with van der Waals surface area (Å²) in [7, 11) is -3.45. The number of pyridine rings is 1. The number of nitrogens with one attached hydrogen (secondary N) is 1. The number of amides is 1. The van der Waals surface area contributed by atoms with Gasteiger partial charge in [-0.15, -0.1) is 0 Å². The summed E-state index contributed by atoms with van der Waals surface area (Å²) in [4.78, 5) is 15.8. The summed E-state index contributed by atoms with van der Waals surface area (Å²) in [6.07, 6.45) is -3.61. The summed E-state index contributed by atoms with van der Waals surface area (Å²) in [6, 6.07) is 8.26. The standard InChI is InChI=1S/C16H13F3N2O3S/c17-16(18,19)12-5-3-7-20-14(12)15(22)21-8-10-9-25(23,24)13-6-2-1-4-11(10)13/h1-7,10H,8-9H2,(H,21,22). The molecule has 0 bridgehead atoms. The molecule has 5 nitrogen and oxygen atoms in total. The first kappa shape index (κ1) is 17.4. The fourth-order valence-electron chi connectivity index (χ4n) is 2.83. The second-order valence-corrected chi connectivity index (χ2v) is 7.63. The molecule has 0 spiro atoms. The second kappa shape index (κ2) is 6.14. The first-order valence-corrected chi connectivity index (χ1v) is 8.97. The fraction of sp³-hybridized carbons (Fsp3) is 0.250. The van der Waals surface area contributed by atoms with Crippen LogP contribution in [0.25, 0.3) is 0 Å². The Kier molecular flexibility index (Phi) is 4.28. The van der Waals surface area contributed by atoms with E-state index in [2.05, 4.69) is 10.3 Å². The Labute approximate surface area is 141 Å². The molecule has 132 valence electrons. The molecule has 1 amide bonds. The van der Waals surface area contributed by atoms with Gasteiger partial charge in [0.1, 0.15) is 5.69 Å². The highest BCUT2D eigenvalue weighted by Crippen LogP contribution is 2.34. The molecule has 1 N–H and O–H groups in total. The SMILES string of the molecule is O=C(NCC1CS(=O)(=O)c2ccccc21)c1ncccc1C(F)(F)F. The molecule has 1 aliphatic rings. The molecule has 2 heterocycles. The number of rotatable bonds is 3.